The van der Waals surface area contributed by atoms with Crippen LogP contribution in [-0.4, -0.2) is 9.55 Å². The van der Waals surface area contributed by atoms with E-state index >= 15 is 0 Å². The van der Waals surface area contributed by atoms with Gasteiger partial charge in [0.2, 0.25) is 0 Å². The van der Waals surface area contributed by atoms with Crippen LogP contribution in [0.1, 0.15) is 31.3 Å². The number of hydrogen-bond donors (Lipinski definition) is 1. The van der Waals surface area contributed by atoms with Gasteiger partial charge in [0.05, 0.1) is 11.0 Å². The molecule has 80 valence electrons. The zero-order valence-electron chi connectivity index (χ0n) is 9.49. The zero-order chi connectivity index (χ0) is 11.0. The minimum atomic E-state index is 0.0708. The number of fused-ring (bicyclic) bond motifs is 1. The topological polar surface area (TPSA) is 43.8 Å². The van der Waals surface area contributed by atoms with Crippen molar-refractivity contribution in [2.24, 2.45) is 12.8 Å². The van der Waals surface area contributed by atoms with Crippen molar-refractivity contribution in [2.45, 2.75) is 26.3 Å². The summed E-state index contributed by atoms with van der Waals surface area (Å²) in [4.78, 5) is 4.58. The molecule has 0 saturated carbocycles. The predicted octanol–water partition coefficient (Wildman–Crippen LogP) is 2.16. The minimum Gasteiger partial charge on any atom is -0.331 e. The number of aryl methyl sites for hydroxylation is 2. The SMILES string of the molecule is CCc1nc2cc(C(C)N)ccc2n1C. The van der Waals surface area contributed by atoms with Crippen molar-refractivity contribution < 1.29 is 0 Å². The van der Waals surface area contributed by atoms with Crippen LogP contribution in [0.25, 0.3) is 11.0 Å². The first-order chi connectivity index (χ1) is 7.13. The predicted molar refractivity (Wildman–Crippen MR) is 62.7 cm³/mol. The van der Waals surface area contributed by atoms with Gasteiger partial charge in [-0.1, -0.05) is 13.0 Å². The summed E-state index contributed by atoms with van der Waals surface area (Å²) in [5, 5.41) is 0. The van der Waals surface area contributed by atoms with E-state index in [9.17, 15) is 0 Å². The van der Waals surface area contributed by atoms with Crippen LogP contribution in [0.4, 0.5) is 0 Å². The van der Waals surface area contributed by atoms with Crippen molar-refractivity contribution in [3.63, 3.8) is 0 Å². The Morgan fingerprint density at radius 2 is 2.20 bits per heavy atom. The Bertz CT molecular complexity index is 483. The van der Waals surface area contributed by atoms with E-state index in [1.165, 1.54) is 5.52 Å². The van der Waals surface area contributed by atoms with Crippen molar-refractivity contribution in [3.05, 3.63) is 29.6 Å². The largest absolute Gasteiger partial charge is 0.331 e. The highest BCUT2D eigenvalue weighted by atomic mass is 15.1. The van der Waals surface area contributed by atoms with Crippen LogP contribution in [0, 0.1) is 0 Å². The normalized spacial score (nSPS) is 13.3. The van der Waals surface area contributed by atoms with Gasteiger partial charge in [-0.05, 0) is 24.6 Å². The Kier molecular flexibility index (Phi) is 2.49. The molecule has 0 saturated heterocycles. The lowest BCUT2D eigenvalue weighted by atomic mass is 10.1. The molecule has 0 radical (unpaired) electrons. The second-order valence-corrected chi connectivity index (χ2v) is 3.98. The fourth-order valence-electron chi connectivity index (χ4n) is 1.87. The lowest BCUT2D eigenvalue weighted by Gasteiger charge is -2.04. The molecule has 2 aromatic rings. The average molecular weight is 203 g/mol. The summed E-state index contributed by atoms with van der Waals surface area (Å²) in [7, 11) is 2.06. The van der Waals surface area contributed by atoms with Gasteiger partial charge in [0.25, 0.3) is 0 Å². The van der Waals surface area contributed by atoms with Gasteiger partial charge in [0.15, 0.2) is 0 Å². The minimum absolute atomic E-state index is 0.0708. The third-order valence-electron chi connectivity index (χ3n) is 2.84. The van der Waals surface area contributed by atoms with E-state index in [2.05, 4.69) is 41.7 Å². The molecule has 3 nitrogen and oxygen atoms in total. The van der Waals surface area contributed by atoms with Gasteiger partial charge < -0.3 is 10.3 Å². The number of aromatic nitrogens is 2. The molecule has 0 aliphatic rings. The molecule has 0 fully saturated rings. The van der Waals surface area contributed by atoms with Gasteiger partial charge in [-0.25, -0.2) is 4.98 Å². The monoisotopic (exact) mass is 203 g/mol. The van der Waals surface area contributed by atoms with Crippen molar-refractivity contribution in [1.82, 2.24) is 9.55 Å². The van der Waals surface area contributed by atoms with Crippen LogP contribution in [0.5, 0.6) is 0 Å². The maximum Gasteiger partial charge on any atom is 0.109 e. The standard InChI is InChI=1S/C12H17N3/c1-4-12-14-10-7-9(8(2)13)5-6-11(10)15(12)3/h5-8H,4,13H2,1-3H3. The van der Waals surface area contributed by atoms with Crippen molar-refractivity contribution in [3.8, 4) is 0 Å². The Morgan fingerprint density at radius 3 is 2.80 bits per heavy atom. The molecule has 2 N–H and O–H groups in total. The number of nitrogens with zero attached hydrogens (tertiary/aromatic N) is 2. The molecule has 3 heteroatoms. The van der Waals surface area contributed by atoms with Crippen molar-refractivity contribution in [1.29, 1.82) is 0 Å². The molecular formula is C12H17N3. The molecule has 2 rings (SSSR count). The first-order valence-corrected chi connectivity index (χ1v) is 5.34. The van der Waals surface area contributed by atoms with Crippen LogP contribution < -0.4 is 5.73 Å². The maximum atomic E-state index is 5.85. The van der Waals surface area contributed by atoms with Crippen LogP contribution in [-0.2, 0) is 13.5 Å². The van der Waals surface area contributed by atoms with Gasteiger partial charge in [-0.3, -0.25) is 0 Å². The maximum absolute atomic E-state index is 5.85. The molecule has 0 aliphatic carbocycles. The highest BCUT2D eigenvalue weighted by Gasteiger charge is 2.07. The van der Waals surface area contributed by atoms with Crippen molar-refractivity contribution >= 4 is 11.0 Å². The molecule has 1 unspecified atom stereocenters. The van der Waals surface area contributed by atoms with Crippen LogP contribution >= 0.6 is 0 Å². The smallest absolute Gasteiger partial charge is 0.109 e. The second kappa shape index (κ2) is 3.66. The Balaban J connectivity index is 2.63. The third-order valence-corrected chi connectivity index (χ3v) is 2.84. The first kappa shape index (κ1) is 10.2. The number of nitrogens with two attached hydrogens (primary N) is 1. The van der Waals surface area contributed by atoms with E-state index in [-0.39, 0.29) is 6.04 Å². The zero-order valence-corrected chi connectivity index (χ0v) is 9.49. The lowest BCUT2D eigenvalue weighted by Crippen LogP contribution is -2.04. The number of benzene rings is 1. The summed E-state index contributed by atoms with van der Waals surface area (Å²) >= 11 is 0. The van der Waals surface area contributed by atoms with Crippen molar-refractivity contribution in [2.75, 3.05) is 0 Å². The Hall–Kier alpha value is -1.35. The molecule has 0 spiro atoms. The van der Waals surface area contributed by atoms with Gasteiger partial charge in [0, 0.05) is 19.5 Å². The van der Waals surface area contributed by atoms with Gasteiger partial charge >= 0.3 is 0 Å². The molecule has 0 amide bonds. The van der Waals surface area contributed by atoms with E-state index in [1.807, 2.05) is 6.92 Å². The van der Waals surface area contributed by atoms with Crippen LogP contribution in [0.15, 0.2) is 18.2 Å². The summed E-state index contributed by atoms with van der Waals surface area (Å²) in [6.07, 6.45) is 0.957. The highest BCUT2D eigenvalue weighted by molar-refractivity contribution is 5.77. The number of hydrogen-bond acceptors (Lipinski definition) is 2. The highest BCUT2D eigenvalue weighted by Crippen LogP contribution is 2.19. The van der Waals surface area contributed by atoms with Crippen LogP contribution in [0.3, 0.4) is 0 Å². The fraction of sp³-hybridized carbons (Fsp3) is 0.417. The molecule has 1 atom stereocenters. The van der Waals surface area contributed by atoms with Crippen LogP contribution in [0.2, 0.25) is 0 Å². The van der Waals surface area contributed by atoms with E-state index in [4.69, 9.17) is 5.73 Å². The van der Waals surface area contributed by atoms with E-state index in [1.54, 1.807) is 0 Å². The molecule has 1 heterocycles. The summed E-state index contributed by atoms with van der Waals surface area (Å²) in [6.45, 7) is 4.11. The summed E-state index contributed by atoms with van der Waals surface area (Å²) in [5.74, 6) is 1.12. The van der Waals surface area contributed by atoms with E-state index in [0.29, 0.717) is 0 Å². The average Bonchev–Trinajstić information content (AvgIpc) is 2.55. The van der Waals surface area contributed by atoms with Gasteiger partial charge in [-0.15, -0.1) is 0 Å². The molecular weight excluding hydrogens is 186 g/mol. The van der Waals surface area contributed by atoms with E-state index < -0.39 is 0 Å². The molecule has 0 aliphatic heterocycles. The molecule has 0 bridgehead atoms. The summed E-state index contributed by atoms with van der Waals surface area (Å²) in [5.41, 5.74) is 9.21. The molecule has 1 aromatic carbocycles. The van der Waals surface area contributed by atoms with Gasteiger partial charge in [-0.2, -0.15) is 0 Å². The summed E-state index contributed by atoms with van der Waals surface area (Å²) < 4.78 is 2.14. The second-order valence-electron chi connectivity index (χ2n) is 3.98. The molecule has 15 heavy (non-hydrogen) atoms. The number of rotatable bonds is 2. The Morgan fingerprint density at radius 1 is 1.47 bits per heavy atom. The van der Waals surface area contributed by atoms with Gasteiger partial charge in [0.1, 0.15) is 5.82 Å². The summed E-state index contributed by atoms with van der Waals surface area (Å²) in [6, 6.07) is 6.33. The Labute approximate surface area is 89.9 Å². The fourth-order valence-corrected chi connectivity index (χ4v) is 1.87. The lowest BCUT2D eigenvalue weighted by molar-refractivity contribution is 0.819. The number of imidazole rings is 1. The third kappa shape index (κ3) is 1.63. The van der Waals surface area contributed by atoms with E-state index in [0.717, 1.165) is 23.3 Å². The quantitative estimate of drug-likeness (QED) is 0.812. The molecule has 1 aromatic heterocycles. The first-order valence-electron chi connectivity index (χ1n) is 5.34.